The molecule has 3 N–H and O–H groups in total. The van der Waals surface area contributed by atoms with Gasteiger partial charge in [0.1, 0.15) is 11.4 Å². The fourth-order valence-electron chi connectivity index (χ4n) is 1.57. The van der Waals surface area contributed by atoms with Gasteiger partial charge in [-0.1, -0.05) is 6.07 Å². The van der Waals surface area contributed by atoms with Crippen LogP contribution < -0.4 is 10.6 Å². The molecule has 0 saturated carbocycles. The number of aliphatic hydroxyl groups is 1. The van der Waals surface area contributed by atoms with Gasteiger partial charge in [-0.05, 0) is 45.5 Å². The third-order valence-electron chi connectivity index (χ3n) is 2.41. The molecule has 0 aliphatic heterocycles. The number of ether oxygens (including phenoxy) is 1. The minimum atomic E-state index is -0.778. The summed E-state index contributed by atoms with van der Waals surface area (Å²) in [5.74, 6) is -0.587. The predicted molar refractivity (Wildman–Crippen MR) is 75.1 cm³/mol. The summed E-state index contributed by atoms with van der Waals surface area (Å²) in [6.45, 7) is 5.49. The van der Waals surface area contributed by atoms with Crippen molar-refractivity contribution in [2.24, 2.45) is 0 Å². The summed E-state index contributed by atoms with van der Waals surface area (Å²) >= 11 is 0. The summed E-state index contributed by atoms with van der Waals surface area (Å²) in [4.78, 5) is 11.6. The standard InChI is InChI=1S/C14H21FN2O3/c1-14(2,3)20-13(19)17-11-7-9(5-6-10(11)15)12(18)8-16-4/h5-7,12,16,18H,8H2,1-4H3,(H,17,19). The molecule has 20 heavy (non-hydrogen) atoms. The average molecular weight is 284 g/mol. The van der Waals surface area contributed by atoms with Crippen LogP contribution in [-0.4, -0.2) is 30.4 Å². The molecule has 0 fully saturated rings. The smallest absolute Gasteiger partial charge is 0.412 e. The number of rotatable bonds is 4. The number of halogens is 1. The number of hydrogen-bond acceptors (Lipinski definition) is 4. The van der Waals surface area contributed by atoms with Crippen LogP contribution in [0.4, 0.5) is 14.9 Å². The van der Waals surface area contributed by atoms with E-state index in [0.717, 1.165) is 0 Å². The molecule has 1 aromatic carbocycles. The molecule has 112 valence electrons. The molecule has 6 heteroatoms. The Morgan fingerprint density at radius 3 is 2.65 bits per heavy atom. The number of nitrogens with one attached hydrogen (secondary N) is 2. The average Bonchev–Trinajstić information content (AvgIpc) is 2.29. The second-order valence-corrected chi connectivity index (χ2v) is 5.44. The Kier molecular flexibility index (Phi) is 5.47. The molecule has 0 aromatic heterocycles. The lowest BCUT2D eigenvalue weighted by atomic mass is 10.1. The first-order chi connectivity index (χ1) is 9.23. The largest absolute Gasteiger partial charge is 0.444 e. The Morgan fingerprint density at radius 2 is 2.10 bits per heavy atom. The molecule has 0 spiro atoms. The Hall–Kier alpha value is -1.66. The van der Waals surface area contributed by atoms with Crippen LogP contribution >= 0.6 is 0 Å². The maximum Gasteiger partial charge on any atom is 0.412 e. The van der Waals surface area contributed by atoms with E-state index < -0.39 is 23.6 Å². The second-order valence-electron chi connectivity index (χ2n) is 5.44. The molecule has 5 nitrogen and oxygen atoms in total. The van der Waals surface area contributed by atoms with Crippen LogP contribution in [0.25, 0.3) is 0 Å². The van der Waals surface area contributed by atoms with E-state index in [9.17, 15) is 14.3 Å². The molecule has 1 amide bonds. The minimum Gasteiger partial charge on any atom is -0.444 e. The third-order valence-corrected chi connectivity index (χ3v) is 2.41. The number of carbonyl (C=O) groups is 1. The van der Waals surface area contributed by atoms with Crippen LogP contribution in [-0.2, 0) is 4.74 Å². The molecule has 0 saturated heterocycles. The third kappa shape index (κ3) is 5.14. The van der Waals surface area contributed by atoms with E-state index in [-0.39, 0.29) is 5.69 Å². The van der Waals surface area contributed by atoms with Crippen molar-refractivity contribution in [3.63, 3.8) is 0 Å². The van der Waals surface area contributed by atoms with Crippen LogP contribution in [0, 0.1) is 5.82 Å². The lowest BCUT2D eigenvalue weighted by Crippen LogP contribution is -2.27. The molecular formula is C14H21FN2O3. The van der Waals surface area contributed by atoms with Gasteiger partial charge in [-0.15, -0.1) is 0 Å². The number of aliphatic hydroxyl groups excluding tert-OH is 1. The fourth-order valence-corrected chi connectivity index (χ4v) is 1.57. The zero-order valence-corrected chi connectivity index (χ0v) is 12.2. The van der Waals surface area contributed by atoms with Gasteiger partial charge in [0.05, 0.1) is 11.8 Å². The van der Waals surface area contributed by atoms with Gasteiger partial charge in [0, 0.05) is 6.54 Å². The molecular weight excluding hydrogens is 263 g/mol. The van der Waals surface area contributed by atoms with E-state index in [1.807, 2.05) is 0 Å². The summed E-state index contributed by atoms with van der Waals surface area (Å²) < 4.78 is 18.7. The van der Waals surface area contributed by atoms with E-state index in [1.165, 1.54) is 18.2 Å². The Balaban J connectivity index is 2.84. The van der Waals surface area contributed by atoms with Gasteiger partial charge >= 0.3 is 6.09 Å². The topological polar surface area (TPSA) is 70.6 Å². The lowest BCUT2D eigenvalue weighted by Gasteiger charge is -2.20. The van der Waals surface area contributed by atoms with Crippen molar-refractivity contribution in [2.75, 3.05) is 18.9 Å². The first-order valence-corrected chi connectivity index (χ1v) is 6.35. The first kappa shape index (κ1) is 16.4. The highest BCUT2D eigenvalue weighted by Gasteiger charge is 2.18. The van der Waals surface area contributed by atoms with Crippen molar-refractivity contribution < 1.29 is 19.0 Å². The van der Waals surface area contributed by atoms with Crippen LogP contribution in [0.3, 0.4) is 0 Å². The number of benzene rings is 1. The molecule has 1 aromatic rings. The van der Waals surface area contributed by atoms with Crippen molar-refractivity contribution in [1.82, 2.24) is 5.32 Å². The van der Waals surface area contributed by atoms with Gasteiger partial charge in [0.2, 0.25) is 0 Å². The van der Waals surface area contributed by atoms with E-state index >= 15 is 0 Å². The normalized spacial score (nSPS) is 12.9. The number of amides is 1. The van der Waals surface area contributed by atoms with E-state index in [2.05, 4.69) is 10.6 Å². The molecule has 0 radical (unpaired) electrons. The fraction of sp³-hybridized carbons (Fsp3) is 0.500. The molecule has 0 aliphatic carbocycles. The minimum absolute atomic E-state index is 0.0214. The molecule has 1 atom stereocenters. The molecule has 0 bridgehead atoms. The van der Waals surface area contributed by atoms with Crippen LogP contribution in [0.15, 0.2) is 18.2 Å². The number of anilines is 1. The van der Waals surface area contributed by atoms with E-state index in [4.69, 9.17) is 4.74 Å². The number of likely N-dealkylation sites (N-methyl/N-ethyl adjacent to an activating group) is 1. The molecule has 1 rings (SSSR count). The lowest BCUT2D eigenvalue weighted by molar-refractivity contribution is 0.0635. The maximum absolute atomic E-state index is 13.6. The van der Waals surface area contributed by atoms with Crippen molar-refractivity contribution in [2.45, 2.75) is 32.5 Å². The van der Waals surface area contributed by atoms with Crippen LogP contribution in [0.1, 0.15) is 32.4 Å². The molecule has 1 unspecified atom stereocenters. The first-order valence-electron chi connectivity index (χ1n) is 6.35. The summed E-state index contributed by atoms with van der Waals surface area (Å²) in [6, 6.07) is 4.06. The van der Waals surface area contributed by atoms with Crippen molar-refractivity contribution in [3.8, 4) is 0 Å². The molecule has 0 heterocycles. The predicted octanol–water partition coefficient (Wildman–Crippen LogP) is 2.43. The van der Waals surface area contributed by atoms with Gasteiger partial charge < -0.3 is 15.2 Å². The van der Waals surface area contributed by atoms with Crippen LogP contribution in [0.5, 0.6) is 0 Å². The maximum atomic E-state index is 13.6. The van der Waals surface area contributed by atoms with Gasteiger partial charge in [-0.2, -0.15) is 0 Å². The van der Waals surface area contributed by atoms with E-state index in [0.29, 0.717) is 12.1 Å². The Bertz CT molecular complexity index is 472. The SMILES string of the molecule is CNCC(O)c1ccc(F)c(NC(=O)OC(C)(C)C)c1. The van der Waals surface area contributed by atoms with Gasteiger partial charge in [0.25, 0.3) is 0 Å². The second kappa shape index (κ2) is 6.67. The highest BCUT2D eigenvalue weighted by molar-refractivity contribution is 5.85. The van der Waals surface area contributed by atoms with Gasteiger partial charge in [-0.3, -0.25) is 5.32 Å². The van der Waals surface area contributed by atoms with Crippen LogP contribution in [0.2, 0.25) is 0 Å². The quantitative estimate of drug-likeness (QED) is 0.794. The van der Waals surface area contributed by atoms with Gasteiger partial charge in [-0.25, -0.2) is 9.18 Å². The monoisotopic (exact) mass is 284 g/mol. The number of carbonyl (C=O) groups excluding carboxylic acids is 1. The van der Waals surface area contributed by atoms with Gasteiger partial charge in [0.15, 0.2) is 0 Å². The zero-order valence-electron chi connectivity index (χ0n) is 12.2. The molecule has 0 aliphatic rings. The summed E-state index contributed by atoms with van der Waals surface area (Å²) in [6.07, 6.45) is -1.52. The Labute approximate surface area is 118 Å². The van der Waals surface area contributed by atoms with E-state index in [1.54, 1.807) is 27.8 Å². The number of hydrogen-bond donors (Lipinski definition) is 3. The highest BCUT2D eigenvalue weighted by atomic mass is 19.1. The summed E-state index contributed by atoms with van der Waals surface area (Å²) in [5, 5.41) is 15.0. The summed E-state index contributed by atoms with van der Waals surface area (Å²) in [7, 11) is 1.70. The highest BCUT2D eigenvalue weighted by Crippen LogP contribution is 2.21. The summed E-state index contributed by atoms with van der Waals surface area (Å²) in [5.41, 5.74) is -0.178. The Morgan fingerprint density at radius 1 is 1.45 bits per heavy atom. The zero-order chi connectivity index (χ0) is 15.3. The van der Waals surface area contributed by atoms with Crippen molar-refractivity contribution >= 4 is 11.8 Å². The van der Waals surface area contributed by atoms with Crippen molar-refractivity contribution in [3.05, 3.63) is 29.6 Å². The van der Waals surface area contributed by atoms with Crippen molar-refractivity contribution in [1.29, 1.82) is 0 Å².